The molecule has 0 radical (unpaired) electrons. The topological polar surface area (TPSA) is 81.9 Å². The predicted octanol–water partition coefficient (Wildman–Crippen LogP) is 4.03. The van der Waals surface area contributed by atoms with Crippen LogP contribution >= 0.6 is 0 Å². The molecule has 7 heteroatoms. The minimum Gasteiger partial charge on any atom is -0.494 e. The van der Waals surface area contributed by atoms with Gasteiger partial charge in [0.1, 0.15) is 12.3 Å². The molecule has 0 aliphatic heterocycles. The maximum atomic E-state index is 12.5. The van der Waals surface area contributed by atoms with Gasteiger partial charge in [-0.25, -0.2) is 0 Å². The molecule has 1 aromatic heterocycles. The summed E-state index contributed by atoms with van der Waals surface area (Å²) in [5.41, 5.74) is 3.82. The molecule has 0 fully saturated rings. The van der Waals surface area contributed by atoms with Gasteiger partial charge in [-0.2, -0.15) is 4.80 Å². The Hall–Kier alpha value is -3.22. The third-order valence-corrected chi connectivity index (χ3v) is 4.62. The molecule has 3 rings (SSSR count). The molecular formula is C22H27N5O2. The van der Waals surface area contributed by atoms with Crippen molar-refractivity contribution in [1.82, 2.24) is 20.2 Å². The number of hydrogen-bond acceptors (Lipinski definition) is 5. The maximum absolute atomic E-state index is 12.5. The van der Waals surface area contributed by atoms with Crippen LogP contribution in [0.15, 0.2) is 42.5 Å². The number of para-hydroxylation sites is 1. The van der Waals surface area contributed by atoms with Crippen molar-refractivity contribution in [2.24, 2.45) is 0 Å². The van der Waals surface area contributed by atoms with Gasteiger partial charge in [0.15, 0.2) is 0 Å². The van der Waals surface area contributed by atoms with Crippen LogP contribution in [-0.2, 0) is 17.8 Å². The Balaban J connectivity index is 1.62. The average Bonchev–Trinajstić information content (AvgIpc) is 3.18. The summed E-state index contributed by atoms with van der Waals surface area (Å²) in [5, 5.41) is 15.4. The lowest BCUT2D eigenvalue weighted by molar-refractivity contribution is -0.117. The molecule has 0 saturated carbocycles. The quantitative estimate of drug-likeness (QED) is 0.555. The van der Waals surface area contributed by atoms with Crippen molar-refractivity contribution < 1.29 is 9.53 Å². The molecule has 2 aromatic carbocycles. The number of unbranched alkanes of at least 4 members (excludes halogenated alkanes) is 1. The van der Waals surface area contributed by atoms with Crippen molar-refractivity contribution in [3.8, 4) is 17.1 Å². The van der Waals surface area contributed by atoms with Crippen molar-refractivity contribution in [3.05, 3.63) is 53.6 Å². The van der Waals surface area contributed by atoms with E-state index in [4.69, 9.17) is 4.74 Å². The number of tetrazole rings is 1. The second kappa shape index (κ2) is 9.82. The number of aromatic nitrogens is 4. The van der Waals surface area contributed by atoms with Crippen molar-refractivity contribution in [3.63, 3.8) is 0 Å². The molecule has 7 nitrogen and oxygen atoms in total. The summed E-state index contributed by atoms with van der Waals surface area (Å²) in [6, 6.07) is 13.6. The van der Waals surface area contributed by atoms with Crippen LogP contribution in [0, 0.1) is 6.92 Å². The Morgan fingerprint density at radius 1 is 1.14 bits per heavy atom. The number of amides is 1. The van der Waals surface area contributed by atoms with E-state index in [9.17, 15) is 4.79 Å². The second-order valence-electron chi connectivity index (χ2n) is 6.88. The predicted molar refractivity (Wildman–Crippen MR) is 113 cm³/mol. The fourth-order valence-corrected chi connectivity index (χ4v) is 2.97. The molecule has 1 N–H and O–H groups in total. The lowest BCUT2D eigenvalue weighted by Gasteiger charge is -2.12. The van der Waals surface area contributed by atoms with Crippen LogP contribution in [0.1, 0.15) is 37.8 Å². The van der Waals surface area contributed by atoms with E-state index in [-0.39, 0.29) is 12.5 Å². The second-order valence-corrected chi connectivity index (χ2v) is 6.88. The SMILES string of the molecule is CCCCOc1ccc(-c2nnn(CC(=O)Nc3c(C)cccc3CC)n2)cc1. The number of carbonyl (C=O) groups is 1. The number of ether oxygens (including phenoxy) is 1. The van der Waals surface area contributed by atoms with Crippen LogP contribution in [0.2, 0.25) is 0 Å². The van der Waals surface area contributed by atoms with E-state index in [0.29, 0.717) is 12.4 Å². The van der Waals surface area contributed by atoms with Crippen LogP contribution in [0.25, 0.3) is 11.4 Å². The van der Waals surface area contributed by atoms with Gasteiger partial charge in [0.25, 0.3) is 0 Å². The third-order valence-electron chi connectivity index (χ3n) is 4.62. The van der Waals surface area contributed by atoms with Crippen LogP contribution in [0.4, 0.5) is 5.69 Å². The summed E-state index contributed by atoms with van der Waals surface area (Å²) in [4.78, 5) is 13.8. The zero-order valence-electron chi connectivity index (χ0n) is 17.2. The number of hydrogen-bond donors (Lipinski definition) is 1. The first-order valence-corrected chi connectivity index (χ1v) is 10.00. The zero-order valence-corrected chi connectivity index (χ0v) is 17.2. The largest absolute Gasteiger partial charge is 0.494 e. The van der Waals surface area contributed by atoms with E-state index in [1.165, 1.54) is 4.80 Å². The summed E-state index contributed by atoms with van der Waals surface area (Å²) >= 11 is 0. The number of aryl methyl sites for hydroxylation is 2. The van der Waals surface area contributed by atoms with E-state index in [1.807, 2.05) is 49.4 Å². The lowest BCUT2D eigenvalue weighted by atomic mass is 10.1. The van der Waals surface area contributed by atoms with Crippen molar-refractivity contribution in [1.29, 1.82) is 0 Å². The monoisotopic (exact) mass is 393 g/mol. The lowest BCUT2D eigenvalue weighted by Crippen LogP contribution is -2.21. The first-order chi connectivity index (χ1) is 14.1. The molecule has 152 valence electrons. The van der Waals surface area contributed by atoms with Gasteiger partial charge in [-0.1, -0.05) is 38.5 Å². The van der Waals surface area contributed by atoms with Crippen molar-refractivity contribution in [2.75, 3.05) is 11.9 Å². The van der Waals surface area contributed by atoms with E-state index < -0.39 is 0 Å². The van der Waals surface area contributed by atoms with Crippen LogP contribution in [-0.4, -0.2) is 32.7 Å². The highest BCUT2D eigenvalue weighted by Gasteiger charge is 2.12. The normalized spacial score (nSPS) is 10.7. The van der Waals surface area contributed by atoms with E-state index in [1.54, 1.807) is 0 Å². The number of nitrogens with one attached hydrogen (secondary N) is 1. The van der Waals surface area contributed by atoms with Crippen molar-refractivity contribution >= 4 is 11.6 Å². The van der Waals surface area contributed by atoms with Crippen LogP contribution in [0.3, 0.4) is 0 Å². The van der Waals surface area contributed by atoms with Gasteiger partial charge in [0.05, 0.1) is 6.61 Å². The van der Waals surface area contributed by atoms with Gasteiger partial charge in [-0.15, -0.1) is 10.2 Å². The summed E-state index contributed by atoms with van der Waals surface area (Å²) in [6.45, 7) is 6.89. The minimum atomic E-state index is -0.183. The minimum absolute atomic E-state index is 0.00268. The first-order valence-electron chi connectivity index (χ1n) is 10.00. The van der Waals surface area contributed by atoms with Crippen LogP contribution in [0.5, 0.6) is 5.75 Å². The number of nitrogens with zero attached hydrogens (tertiary/aromatic N) is 4. The van der Waals surface area contributed by atoms with Gasteiger partial charge >= 0.3 is 0 Å². The molecule has 29 heavy (non-hydrogen) atoms. The molecule has 0 bridgehead atoms. The van der Waals surface area contributed by atoms with Crippen molar-refractivity contribution in [2.45, 2.75) is 46.6 Å². The number of carbonyl (C=O) groups excluding carboxylic acids is 1. The molecule has 3 aromatic rings. The smallest absolute Gasteiger partial charge is 0.248 e. The standard InChI is InChI=1S/C22H27N5O2/c1-4-6-14-29-19-12-10-18(11-13-19)22-24-26-27(25-22)15-20(28)23-21-16(3)8-7-9-17(21)5-2/h7-13H,4-6,14-15H2,1-3H3,(H,23,28). The molecule has 1 amide bonds. The van der Waals surface area contributed by atoms with Gasteiger partial charge in [0.2, 0.25) is 11.7 Å². The third kappa shape index (κ3) is 5.40. The molecule has 0 aliphatic rings. The number of anilines is 1. The Labute approximate surface area is 171 Å². The zero-order chi connectivity index (χ0) is 20.6. The summed E-state index contributed by atoms with van der Waals surface area (Å²) < 4.78 is 5.67. The molecule has 0 unspecified atom stereocenters. The highest BCUT2D eigenvalue weighted by molar-refractivity contribution is 5.92. The molecule has 0 spiro atoms. The van der Waals surface area contributed by atoms with Gasteiger partial charge in [-0.3, -0.25) is 4.79 Å². The van der Waals surface area contributed by atoms with Gasteiger partial charge < -0.3 is 10.1 Å². The number of benzene rings is 2. The summed E-state index contributed by atoms with van der Waals surface area (Å²) in [7, 11) is 0. The van der Waals surface area contributed by atoms with Gasteiger partial charge in [-0.05, 0) is 60.4 Å². The average molecular weight is 393 g/mol. The van der Waals surface area contributed by atoms with Gasteiger partial charge in [0, 0.05) is 11.3 Å². The van der Waals surface area contributed by atoms with E-state index in [2.05, 4.69) is 34.6 Å². The molecular weight excluding hydrogens is 366 g/mol. The van der Waals surface area contributed by atoms with E-state index >= 15 is 0 Å². The highest BCUT2D eigenvalue weighted by Crippen LogP contribution is 2.21. The molecule has 0 saturated heterocycles. The Kier molecular flexibility index (Phi) is 6.94. The summed E-state index contributed by atoms with van der Waals surface area (Å²) in [6.07, 6.45) is 2.98. The molecule has 0 aliphatic carbocycles. The highest BCUT2D eigenvalue weighted by atomic mass is 16.5. The fourth-order valence-electron chi connectivity index (χ4n) is 2.97. The summed E-state index contributed by atoms with van der Waals surface area (Å²) in [5.74, 6) is 1.11. The van der Waals surface area contributed by atoms with E-state index in [0.717, 1.165) is 47.4 Å². The first kappa shape index (κ1) is 20.5. The molecule has 0 atom stereocenters. The fraction of sp³-hybridized carbons (Fsp3) is 0.364. The maximum Gasteiger partial charge on any atom is 0.248 e. The molecule has 1 heterocycles. The Morgan fingerprint density at radius 2 is 1.93 bits per heavy atom. The van der Waals surface area contributed by atoms with Crippen LogP contribution < -0.4 is 10.1 Å². The number of rotatable bonds is 9. The Bertz CT molecular complexity index is 950. The Morgan fingerprint density at radius 3 is 2.66 bits per heavy atom.